The highest BCUT2D eigenvalue weighted by Crippen LogP contribution is 2.41. The van der Waals surface area contributed by atoms with E-state index in [0.29, 0.717) is 0 Å². The molecule has 0 spiro atoms. The second-order valence-corrected chi connectivity index (χ2v) is 7.10. The zero-order chi connectivity index (χ0) is 15.5. The highest BCUT2D eigenvalue weighted by Gasteiger charge is 2.32. The van der Waals surface area contributed by atoms with Gasteiger partial charge in [-0.3, -0.25) is 0 Å². The Kier molecular flexibility index (Phi) is 5.15. The van der Waals surface area contributed by atoms with Crippen molar-refractivity contribution in [1.82, 2.24) is 5.32 Å². The normalized spacial score (nSPS) is 17.4. The van der Waals surface area contributed by atoms with Crippen LogP contribution in [0.2, 0.25) is 0 Å². The monoisotopic (exact) mass is 291 g/mol. The van der Waals surface area contributed by atoms with Crippen molar-refractivity contribution in [3.05, 3.63) is 23.8 Å². The first kappa shape index (κ1) is 16.2. The van der Waals surface area contributed by atoms with Gasteiger partial charge >= 0.3 is 0 Å². The van der Waals surface area contributed by atoms with Crippen LogP contribution in [0.25, 0.3) is 0 Å². The summed E-state index contributed by atoms with van der Waals surface area (Å²) < 4.78 is 12.1. The summed E-state index contributed by atoms with van der Waals surface area (Å²) in [6.07, 6.45) is 2.28. The Hall–Kier alpha value is -1.22. The lowest BCUT2D eigenvalue weighted by molar-refractivity contribution is 0.126. The van der Waals surface area contributed by atoms with Crippen molar-refractivity contribution in [2.75, 3.05) is 13.1 Å². The van der Waals surface area contributed by atoms with Crippen molar-refractivity contribution >= 4 is 0 Å². The van der Waals surface area contributed by atoms with E-state index in [2.05, 4.69) is 52.1 Å². The van der Waals surface area contributed by atoms with Crippen molar-refractivity contribution in [2.24, 2.45) is 5.92 Å². The van der Waals surface area contributed by atoms with Crippen LogP contribution in [-0.2, 0) is 6.42 Å². The third-order valence-corrected chi connectivity index (χ3v) is 3.71. The summed E-state index contributed by atoms with van der Waals surface area (Å²) in [6, 6.07) is 6.19. The molecule has 1 aliphatic heterocycles. The number of benzene rings is 1. The van der Waals surface area contributed by atoms with E-state index in [1.54, 1.807) is 0 Å². The van der Waals surface area contributed by atoms with E-state index < -0.39 is 0 Å². The Bertz CT molecular complexity index is 468. The molecule has 1 atom stereocenters. The van der Waals surface area contributed by atoms with Crippen LogP contribution in [0.15, 0.2) is 18.2 Å². The van der Waals surface area contributed by atoms with E-state index in [1.807, 2.05) is 6.07 Å². The molecule has 1 aliphatic rings. The zero-order valence-electron chi connectivity index (χ0n) is 14.0. The van der Waals surface area contributed by atoms with Gasteiger partial charge in [-0.05, 0) is 45.7 Å². The van der Waals surface area contributed by atoms with Crippen LogP contribution >= 0.6 is 0 Å². The average molecular weight is 291 g/mol. The Morgan fingerprint density at radius 3 is 2.76 bits per heavy atom. The van der Waals surface area contributed by atoms with Crippen molar-refractivity contribution in [1.29, 1.82) is 0 Å². The van der Waals surface area contributed by atoms with E-state index in [1.165, 1.54) is 12.0 Å². The van der Waals surface area contributed by atoms with Gasteiger partial charge in [-0.15, -0.1) is 0 Å². The van der Waals surface area contributed by atoms with E-state index in [0.717, 1.165) is 36.9 Å². The predicted octanol–water partition coefficient (Wildman–Crippen LogP) is 3.80. The van der Waals surface area contributed by atoms with Crippen LogP contribution in [0.3, 0.4) is 0 Å². The van der Waals surface area contributed by atoms with Crippen LogP contribution in [0.4, 0.5) is 0 Å². The van der Waals surface area contributed by atoms with Gasteiger partial charge in [0.25, 0.3) is 0 Å². The SMILES string of the molecule is CC(C)CCNCC(C)Oc1cccc2c1OC(C)(C)C2. The van der Waals surface area contributed by atoms with Gasteiger partial charge in [-0.25, -0.2) is 0 Å². The summed E-state index contributed by atoms with van der Waals surface area (Å²) in [6.45, 7) is 12.7. The third-order valence-electron chi connectivity index (χ3n) is 3.71. The summed E-state index contributed by atoms with van der Waals surface area (Å²) in [5, 5.41) is 3.45. The number of rotatable bonds is 7. The molecule has 0 aromatic heterocycles. The van der Waals surface area contributed by atoms with Gasteiger partial charge in [0.2, 0.25) is 0 Å². The molecule has 0 aliphatic carbocycles. The highest BCUT2D eigenvalue weighted by molar-refractivity contribution is 5.50. The van der Waals surface area contributed by atoms with Crippen molar-refractivity contribution in [2.45, 2.75) is 59.2 Å². The quantitative estimate of drug-likeness (QED) is 0.775. The standard InChI is InChI=1S/C18H29NO2/c1-13(2)9-10-19-12-14(3)20-16-8-6-7-15-11-18(4,5)21-17(15)16/h6-8,13-14,19H,9-12H2,1-5H3. The van der Waals surface area contributed by atoms with Crippen LogP contribution in [0.1, 0.15) is 46.6 Å². The van der Waals surface area contributed by atoms with Gasteiger partial charge in [0, 0.05) is 18.5 Å². The molecule has 0 saturated heterocycles. The smallest absolute Gasteiger partial charge is 0.165 e. The van der Waals surface area contributed by atoms with Crippen LogP contribution in [0.5, 0.6) is 11.5 Å². The molecule has 1 N–H and O–H groups in total. The van der Waals surface area contributed by atoms with E-state index in [4.69, 9.17) is 9.47 Å². The largest absolute Gasteiger partial charge is 0.485 e. The molecular weight excluding hydrogens is 262 g/mol. The maximum absolute atomic E-state index is 6.07. The van der Waals surface area contributed by atoms with Crippen LogP contribution in [-0.4, -0.2) is 24.8 Å². The molecule has 0 fully saturated rings. The van der Waals surface area contributed by atoms with Gasteiger partial charge in [-0.2, -0.15) is 0 Å². The summed E-state index contributed by atoms with van der Waals surface area (Å²) in [5.41, 5.74) is 1.12. The topological polar surface area (TPSA) is 30.5 Å². The number of para-hydroxylation sites is 1. The molecule has 0 radical (unpaired) electrons. The van der Waals surface area contributed by atoms with Gasteiger partial charge in [-0.1, -0.05) is 26.0 Å². The Balaban J connectivity index is 1.88. The van der Waals surface area contributed by atoms with Crippen molar-refractivity contribution in [3.8, 4) is 11.5 Å². The first-order chi connectivity index (χ1) is 9.87. The van der Waals surface area contributed by atoms with Gasteiger partial charge < -0.3 is 14.8 Å². The molecule has 2 rings (SSSR count). The lowest BCUT2D eigenvalue weighted by Gasteiger charge is -2.20. The maximum Gasteiger partial charge on any atom is 0.165 e. The molecule has 0 amide bonds. The Labute approximate surface area is 129 Å². The number of hydrogen-bond donors (Lipinski definition) is 1. The fraction of sp³-hybridized carbons (Fsp3) is 0.667. The van der Waals surface area contributed by atoms with Crippen molar-refractivity contribution in [3.63, 3.8) is 0 Å². The number of nitrogens with one attached hydrogen (secondary N) is 1. The van der Waals surface area contributed by atoms with Gasteiger partial charge in [0.1, 0.15) is 11.7 Å². The minimum atomic E-state index is -0.124. The molecule has 1 aromatic carbocycles. The second kappa shape index (κ2) is 6.69. The number of fused-ring (bicyclic) bond motifs is 1. The minimum absolute atomic E-state index is 0.124. The molecule has 1 unspecified atom stereocenters. The van der Waals surface area contributed by atoms with Crippen molar-refractivity contribution < 1.29 is 9.47 Å². The molecule has 0 saturated carbocycles. The lowest BCUT2D eigenvalue weighted by Crippen LogP contribution is -2.30. The minimum Gasteiger partial charge on any atom is -0.485 e. The summed E-state index contributed by atoms with van der Waals surface area (Å²) in [7, 11) is 0. The van der Waals surface area contributed by atoms with E-state index >= 15 is 0 Å². The third kappa shape index (κ3) is 4.63. The molecule has 0 bridgehead atoms. The first-order valence-electron chi connectivity index (χ1n) is 8.05. The fourth-order valence-corrected chi connectivity index (χ4v) is 2.63. The Morgan fingerprint density at radius 1 is 1.29 bits per heavy atom. The summed E-state index contributed by atoms with van der Waals surface area (Å²) in [5.74, 6) is 2.54. The van der Waals surface area contributed by atoms with Crippen LogP contribution in [0, 0.1) is 5.92 Å². The molecule has 3 heteroatoms. The predicted molar refractivity (Wildman–Crippen MR) is 87.3 cm³/mol. The van der Waals surface area contributed by atoms with Gasteiger partial charge in [0.15, 0.2) is 11.5 Å². The fourth-order valence-electron chi connectivity index (χ4n) is 2.63. The highest BCUT2D eigenvalue weighted by atomic mass is 16.5. The molecule has 118 valence electrons. The molecule has 21 heavy (non-hydrogen) atoms. The Morgan fingerprint density at radius 2 is 2.05 bits per heavy atom. The maximum atomic E-state index is 6.07. The molecule has 3 nitrogen and oxygen atoms in total. The molecular formula is C18H29NO2. The van der Waals surface area contributed by atoms with Crippen LogP contribution < -0.4 is 14.8 Å². The summed E-state index contributed by atoms with van der Waals surface area (Å²) in [4.78, 5) is 0. The number of hydrogen-bond acceptors (Lipinski definition) is 3. The number of ether oxygens (including phenoxy) is 2. The average Bonchev–Trinajstić information content (AvgIpc) is 2.70. The van der Waals surface area contributed by atoms with Gasteiger partial charge in [0.05, 0.1) is 0 Å². The first-order valence-corrected chi connectivity index (χ1v) is 8.05. The summed E-state index contributed by atoms with van der Waals surface area (Å²) >= 11 is 0. The second-order valence-electron chi connectivity index (χ2n) is 7.10. The van der Waals surface area contributed by atoms with E-state index in [-0.39, 0.29) is 11.7 Å². The lowest BCUT2D eigenvalue weighted by atomic mass is 10.0. The molecule has 1 heterocycles. The van der Waals surface area contributed by atoms with E-state index in [9.17, 15) is 0 Å². The molecule has 1 aromatic rings. The zero-order valence-corrected chi connectivity index (χ0v) is 14.0.